The van der Waals surface area contributed by atoms with Gasteiger partial charge in [0, 0.05) is 40.8 Å². The molecule has 0 radical (unpaired) electrons. The van der Waals surface area contributed by atoms with Crippen LogP contribution in [0.4, 0.5) is 11.4 Å². The van der Waals surface area contributed by atoms with Crippen molar-refractivity contribution in [2.24, 2.45) is 4.99 Å². The summed E-state index contributed by atoms with van der Waals surface area (Å²) >= 11 is 0. The maximum absolute atomic E-state index is 5.13. The van der Waals surface area contributed by atoms with Gasteiger partial charge in [0.15, 0.2) is 0 Å². The Labute approximate surface area is 164 Å². The molecule has 0 saturated heterocycles. The zero-order valence-electron chi connectivity index (χ0n) is 15.3. The number of anilines is 2. The van der Waals surface area contributed by atoms with Gasteiger partial charge in [-0.2, -0.15) is 0 Å². The Morgan fingerprint density at radius 2 is 1.50 bits per heavy atom. The van der Waals surface area contributed by atoms with E-state index < -0.39 is 0 Å². The lowest BCUT2D eigenvalue weighted by molar-refractivity contribution is 0.806. The molecule has 0 bridgehead atoms. The minimum Gasteiger partial charge on any atom is -0.357 e. The summed E-state index contributed by atoms with van der Waals surface area (Å²) in [4.78, 5) is 7.46. The number of fused-ring (bicyclic) bond motifs is 5. The van der Waals surface area contributed by atoms with Crippen LogP contribution in [0.25, 0.3) is 16.8 Å². The van der Waals surface area contributed by atoms with E-state index in [0.717, 1.165) is 23.5 Å². The predicted molar refractivity (Wildman–Crippen MR) is 116 cm³/mol. The second-order valence-corrected chi connectivity index (χ2v) is 7.36. The van der Waals surface area contributed by atoms with E-state index in [9.17, 15) is 0 Å². The van der Waals surface area contributed by atoms with Gasteiger partial charge in [0.05, 0.1) is 17.5 Å². The Bertz CT molecular complexity index is 1170. The Morgan fingerprint density at radius 3 is 2.36 bits per heavy atom. The summed E-state index contributed by atoms with van der Waals surface area (Å²) in [5.74, 6) is 0. The standard InChI is InChI=1S/C25H19N3/c1-2-8-17(9-3-1)28-15-14-22-24(28)16-23-25(27-22)20-12-5-4-10-18(20)19-11-6-7-13-21(19)26-23/h1-15,24,26H,16H2. The summed E-state index contributed by atoms with van der Waals surface area (Å²) in [6.45, 7) is 0. The lowest BCUT2D eigenvalue weighted by Crippen LogP contribution is -2.35. The SMILES string of the molecule is C1=CN(c2ccccc2)C2CC3=C(N=C12)c1ccccc1-c1ccccc1N3. The van der Waals surface area contributed by atoms with Gasteiger partial charge >= 0.3 is 0 Å². The van der Waals surface area contributed by atoms with Crippen molar-refractivity contribution in [3.8, 4) is 11.1 Å². The summed E-state index contributed by atoms with van der Waals surface area (Å²) in [6.07, 6.45) is 5.21. The highest BCUT2D eigenvalue weighted by Gasteiger charge is 2.34. The molecular weight excluding hydrogens is 342 g/mol. The van der Waals surface area contributed by atoms with E-state index in [1.807, 2.05) is 0 Å². The highest BCUT2D eigenvalue weighted by atomic mass is 15.2. The molecule has 3 aromatic rings. The van der Waals surface area contributed by atoms with Gasteiger partial charge in [-0.1, -0.05) is 60.7 Å². The van der Waals surface area contributed by atoms with Crippen molar-refractivity contribution in [3.05, 3.63) is 102 Å². The lowest BCUT2D eigenvalue weighted by atomic mass is 9.94. The molecule has 1 unspecified atom stereocenters. The number of benzene rings is 3. The van der Waals surface area contributed by atoms with Gasteiger partial charge in [-0.25, -0.2) is 4.99 Å². The summed E-state index contributed by atoms with van der Waals surface area (Å²) in [7, 11) is 0. The van der Waals surface area contributed by atoms with E-state index in [1.165, 1.54) is 28.1 Å². The first kappa shape index (κ1) is 15.5. The maximum atomic E-state index is 5.13. The Morgan fingerprint density at radius 1 is 0.786 bits per heavy atom. The fourth-order valence-corrected chi connectivity index (χ4v) is 4.43. The van der Waals surface area contributed by atoms with Crippen molar-refractivity contribution in [1.82, 2.24) is 0 Å². The van der Waals surface area contributed by atoms with Gasteiger partial charge in [-0.05, 0) is 29.8 Å². The van der Waals surface area contributed by atoms with E-state index in [1.54, 1.807) is 0 Å². The van der Waals surface area contributed by atoms with Crippen molar-refractivity contribution in [1.29, 1.82) is 0 Å². The number of aliphatic imine (C=N–C) groups is 1. The van der Waals surface area contributed by atoms with Crippen molar-refractivity contribution in [3.63, 3.8) is 0 Å². The van der Waals surface area contributed by atoms with Crippen molar-refractivity contribution >= 4 is 22.8 Å². The fraction of sp³-hybridized carbons (Fsp3) is 0.0800. The molecule has 28 heavy (non-hydrogen) atoms. The zero-order valence-corrected chi connectivity index (χ0v) is 15.3. The molecule has 0 fully saturated rings. The van der Waals surface area contributed by atoms with Gasteiger partial charge in [-0.15, -0.1) is 0 Å². The van der Waals surface area contributed by atoms with Gasteiger partial charge in [-0.3, -0.25) is 0 Å². The van der Waals surface area contributed by atoms with Crippen LogP contribution in [0.3, 0.4) is 0 Å². The Hall–Kier alpha value is -3.59. The monoisotopic (exact) mass is 361 g/mol. The van der Waals surface area contributed by atoms with Gasteiger partial charge < -0.3 is 10.2 Å². The van der Waals surface area contributed by atoms with Crippen molar-refractivity contribution in [2.75, 3.05) is 10.2 Å². The number of nitrogens with one attached hydrogen (secondary N) is 1. The number of rotatable bonds is 1. The number of para-hydroxylation sites is 2. The minimum atomic E-state index is 0.228. The second-order valence-electron chi connectivity index (χ2n) is 7.36. The second kappa shape index (κ2) is 5.96. The molecule has 1 N–H and O–H groups in total. The number of nitrogens with zero attached hydrogens (tertiary/aromatic N) is 2. The molecule has 0 aromatic heterocycles. The summed E-state index contributed by atoms with van der Waals surface area (Å²) < 4.78 is 0. The lowest BCUT2D eigenvalue weighted by Gasteiger charge is -2.30. The largest absolute Gasteiger partial charge is 0.357 e. The molecule has 3 aromatic carbocycles. The van der Waals surface area contributed by atoms with E-state index in [0.29, 0.717) is 0 Å². The number of hydrogen-bond donors (Lipinski definition) is 1. The highest BCUT2D eigenvalue weighted by Crippen LogP contribution is 2.43. The molecule has 0 aliphatic carbocycles. The molecule has 3 nitrogen and oxygen atoms in total. The van der Waals surface area contributed by atoms with E-state index in [4.69, 9.17) is 4.99 Å². The first-order valence-corrected chi connectivity index (χ1v) is 9.68. The fourth-order valence-electron chi connectivity index (χ4n) is 4.43. The molecule has 1 atom stereocenters. The van der Waals surface area contributed by atoms with E-state index in [2.05, 4.69) is 101 Å². The van der Waals surface area contributed by atoms with Crippen LogP contribution in [0.2, 0.25) is 0 Å². The van der Waals surface area contributed by atoms with E-state index in [-0.39, 0.29) is 6.04 Å². The summed E-state index contributed by atoms with van der Waals surface area (Å²) in [5, 5.41) is 3.71. The average Bonchev–Trinajstić information content (AvgIpc) is 3.11. The molecule has 0 spiro atoms. The Balaban J connectivity index is 1.49. The normalized spacial score (nSPS) is 19.1. The summed E-state index contributed by atoms with van der Waals surface area (Å²) in [6, 6.07) is 27.9. The molecule has 3 aliphatic rings. The first-order chi connectivity index (χ1) is 13.9. The van der Waals surface area contributed by atoms with Crippen molar-refractivity contribution < 1.29 is 0 Å². The van der Waals surface area contributed by atoms with Crippen LogP contribution < -0.4 is 10.2 Å². The smallest absolute Gasteiger partial charge is 0.0905 e. The quantitative estimate of drug-likeness (QED) is 0.602. The van der Waals surface area contributed by atoms with Crippen LogP contribution in [0.1, 0.15) is 12.0 Å². The van der Waals surface area contributed by atoms with Crippen LogP contribution in [-0.4, -0.2) is 11.8 Å². The third-order valence-corrected chi connectivity index (χ3v) is 5.75. The van der Waals surface area contributed by atoms with Crippen LogP contribution >= 0.6 is 0 Å². The van der Waals surface area contributed by atoms with E-state index >= 15 is 0 Å². The van der Waals surface area contributed by atoms with Gasteiger partial charge in [0.1, 0.15) is 0 Å². The van der Waals surface area contributed by atoms with Crippen molar-refractivity contribution in [2.45, 2.75) is 12.5 Å². The highest BCUT2D eigenvalue weighted by molar-refractivity contribution is 6.10. The molecule has 0 amide bonds. The maximum Gasteiger partial charge on any atom is 0.0905 e. The molecular formula is C25H19N3. The molecule has 0 saturated carbocycles. The Kier molecular flexibility index (Phi) is 3.29. The summed E-state index contributed by atoms with van der Waals surface area (Å²) in [5.41, 5.74) is 9.41. The average molecular weight is 361 g/mol. The first-order valence-electron chi connectivity index (χ1n) is 9.68. The van der Waals surface area contributed by atoms with Gasteiger partial charge in [0.2, 0.25) is 0 Å². The molecule has 134 valence electrons. The topological polar surface area (TPSA) is 27.6 Å². The molecule has 3 aliphatic heterocycles. The third-order valence-electron chi connectivity index (χ3n) is 5.75. The molecule has 6 rings (SSSR count). The van der Waals surface area contributed by atoms with Crippen LogP contribution in [0.5, 0.6) is 0 Å². The van der Waals surface area contributed by atoms with Crippen LogP contribution in [0, 0.1) is 0 Å². The zero-order chi connectivity index (χ0) is 18.5. The van der Waals surface area contributed by atoms with Crippen LogP contribution in [-0.2, 0) is 0 Å². The molecule has 3 heterocycles. The third kappa shape index (κ3) is 2.26. The van der Waals surface area contributed by atoms with Crippen LogP contribution in [0.15, 0.2) is 102 Å². The predicted octanol–water partition coefficient (Wildman–Crippen LogP) is 5.69. The molecule has 3 heteroatoms. The minimum absolute atomic E-state index is 0.228. The number of hydrogen-bond acceptors (Lipinski definition) is 3. The van der Waals surface area contributed by atoms with Gasteiger partial charge in [0.25, 0.3) is 0 Å².